The minimum atomic E-state index is -0.682. The van der Waals surface area contributed by atoms with E-state index in [1.165, 1.54) is 19.3 Å². The summed E-state index contributed by atoms with van der Waals surface area (Å²) in [4.78, 5) is 10.4. The van der Waals surface area contributed by atoms with E-state index in [-0.39, 0.29) is 0 Å². The molecule has 1 aliphatic rings. The lowest BCUT2D eigenvalue weighted by Crippen LogP contribution is -2.32. The Bertz CT molecular complexity index is 164. The standard InChI is InChI=1S/C9H17NO2/c10-7-6-9(3-1-4-9)5-2-8(11)12/h1-7,10H2,(H,11,12). The van der Waals surface area contributed by atoms with Crippen molar-refractivity contribution in [2.75, 3.05) is 6.54 Å². The molecular formula is C9H17NO2. The van der Waals surface area contributed by atoms with Crippen LogP contribution < -0.4 is 5.73 Å². The average Bonchev–Trinajstić information content (AvgIpc) is 1.94. The van der Waals surface area contributed by atoms with Crippen molar-refractivity contribution in [1.29, 1.82) is 0 Å². The summed E-state index contributed by atoms with van der Waals surface area (Å²) >= 11 is 0. The van der Waals surface area contributed by atoms with E-state index in [1.54, 1.807) is 0 Å². The van der Waals surface area contributed by atoms with E-state index in [1.807, 2.05) is 0 Å². The molecule has 70 valence electrons. The first kappa shape index (κ1) is 9.52. The van der Waals surface area contributed by atoms with E-state index in [0.717, 1.165) is 12.8 Å². The first-order valence-corrected chi connectivity index (χ1v) is 4.60. The third kappa shape index (κ3) is 2.21. The first-order valence-electron chi connectivity index (χ1n) is 4.60. The van der Waals surface area contributed by atoms with Crippen LogP contribution in [0.5, 0.6) is 0 Å². The van der Waals surface area contributed by atoms with Gasteiger partial charge in [0.2, 0.25) is 0 Å². The van der Waals surface area contributed by atoms with Crippen molar-refractivity contribution in [3.63, 3.8) is 0 Å². The number of rotatable bonds is 5. The maximum atomic E-state index is 10.4. The highest BCUT2D eigenvalue weighted by Crippen LogP contribution is 2.47. The zero-order valence-electron chi connectivity index (χ0n) is 7.38. The normalized spacial score (nSPS) is 20.1. The number of nitrogens with two attached hydrogens (primary N) is 1. The SMILES string of the molecule is NCCC1(CCC(=O)O)CCC1. The summed E-state index contributed by atoms with van der Waals surface area (Å²) in [5.41, 5.74) is 5.78. The van der Waals surface area contributed by atoms with Crippen LogP contribution in [0.3, 0.4) is 0 Å². The predicted octanol–water partition coefficient (Wildman–Crippen LogP) is 1.37. The van der Waals surface area contributed by atoms with Gasteiger partial charge < -0.3 is 10.8 Å². The van der Waals surface area contributed by atoms with Gasteiger partial charge in [-0.15, -0.1) is 0 Å². The highest BCUT2D eigenvalue weighted by Gasteiger charge is 2.35. The third-order valence-electron chi connectivity index (χ3n) is 2.96. The fourth-order valence-corrected chi connectivity index (χ4v) is 1.98. The molecule has 0 atom stereocenters. The summed E-state index contributed by atoms with van der Waals surface area (Å²) in [6, 6.07) is 0. The van der Waals surface area contributed by atoms with E-state index in [9.17, 15) is 4.79 Å². The van der Waals surface area contributed by atoms with Gasteiger partial charge >= 0.3 is 5.97 Å². The highest BCUT2D eigenvalue weighted by molar-refractivity contribution is 5.66. The number of carboxylic acids is 1. The quantitative estimate of drug-likeness (QED) is 0.656. The molecule has 0 aliphatic heterocycles. The molecule has 0 amide bonds. The van der Waals surface area contributed by atoms with E-state index < -0.39 is 5.97 Å². The fourth-order valence-electron chi connectivity index (χ4n) is 1.98. The van der Waals surface area contributed by atoms with Gasteiger partial charge in [0.25, 0.3) is 0 Å². The second-order valence-electron chi connectivity index (χ2n) is 3.79. The Hall–Kier alpha value is -0.570. The molecule has 0 aromatic rings. The van der Waals surface area contributed by atoms with Crippen molar-refractivity contribution in [2.24, 2.45) is 11.1 Å². The van der Waals surface area contributed by atoms with Gasteiger partial charge in [-0.3, -0.25) is 4.79 Å². The van der Waals surface area contributed by atoms with Crippen molar-refractivity contribution in [3.05, 3.63) is 0 Å². The molecule has 3 heteroatoms. The second-order valence-corrected chi connectivity index (χ2v) is 3.79. The summed E-state index contributed by atoms with van der Waals surface area (Å²) < 4.78 is 0. The largest absolute Gasteiger partial charge is 0.481 e. The minimum Gasteiger partial charge on any atom is -0.481 e. The van der Waals surface area contributed by atoms with Gasteiger partial charge in [0.15, 0.2) is 0 Å². The maximum absolute atomic E-state index is 10.4. The Labute approximate surface area is 72.9 Å². The lowest BCUT2D eigenvalue weighted by molar-refractivity contribution is -0.138. The Morgan fingerprint density at radius 1 is 1.42 bits per heavy atom. The van der Waals surface area contributed by atoms with Crippen molar-refractivity contribution in [2.45, 2.75) is 38.5 Å². The molecule has 0 unspecified atom stereocenters. The molecule has 0 bridgehead atoms. The number of hydrogen-bond acceptors (Lipinski definition) is 2. The molecule has 12 heavy (non-hydrogen) atoms. The Kier molecular flexibility index (Phi) is 3.09. The zero-order chi connectivity index (χ0) is 9.03. The highest BCUT2D eigenvalue weighted by atomic mass is 16.4. The second kappa shape index (κ2) is 3.90. The van der Waals surface area contributed by atoms with Gasteiger partial charge in [-0.25, -0.2) is 0 Å². The van der Waals surface area contributed by atoms with Crippen molar-refractivity contribution in [1.82, 2.24) is 0 Å². The molecule has 3 nitrogen and oxygen atoms in total. The number of hydrogen-bond donors (Lipinski definition) is 2. The smallest absolute Gasteiger partial charge is 0.303 e. The number of carboxylic acid groups (broad SMARTS) is 1. The molecule has 0 radical (unpaired) electrons. The molecule has 1 aliphatic carbocycles. The summed E-state index contributed by atoms with van der Waals surface area (Å²) in [7, 11) is 0. The van der Waals surface area contributed by atoms with Crippen LogP contribution in [0.2, 0.25) is 0 Å². The summed E-state index contributed by atoms with van der Waals surface area (Å²) in [5, 5.41) is 8.53. The zero-order valence-corrected chi connectivity index (χ0v) is 7.38. The Morgan fingerprint density at radius 3 is 2.42 bits per heavy atom. The third-order valence-corrected chi connectivity index (χ3v) is 2.96. The number of carbonyl (C=O) groups is 1. The van der Waals surface area contributed by atoms with Crippen LogP contribution in [0.25, 0.3) is 0 Å². The topological polar surface area (TPSA) is 63.3 Å². The first-order chi connectivity index (χ1) is 5.68. The molecule has 0 aromatic heterocycles. The molecular weight excluding hydrogens is 154 g/mol. The molecule has 1 fully saturated rings. The fraction of sp³-hybridized carbons (Fsp3) is 0.889. The van der Waals surface area contributed by atoms with Crippen LogP contribution in [0.15, 0.2) is 0 Å². The van der Waals surface area contributed by atoms with Gasteiger partial charge in [-0.1, -0.05) is 6.42 Å². The van der Waals surface area contributed by atoms with Crippen LogP contribution in [-0.4, -0.2) is 17.6 Å². The van der Waals surface area contributed by atoms with E-state index in [4.69, 9.17) is 10.8 Å². The summed E-state index contributed by atoms with van der Waals surface area (Å²) in [6.45, 7) is 0.694. The number of aliphatic carboxylic acids is 1. The summed E-state index contributed by atoms with van der Waals surface area (Å²) in [5.74, 6) is -0.682. The van der Waals surface area contributed by atoms with E-state index in [2.05, 4.69) is 0 Å². The molecule has 1 rings (SSSR count). The van der Waals surface area contributed by atoms with Crippen LogP contribution in [0.4, 0.5) is 0 Å². The molecule has 0 aromatic carbocycles. The lowest BCUT2D eigenvalue weighted by atomic mass is 9.64. The van der Waals surface area contributed by atoms with Crippen LogP contribution in [-0.2, 0) is 4.79 Å². The van der Waals surface area contributed by atoms with Crippen molar-refractivity contribution in [3.8, 4) is 0 Å². The predicted molar refractivity (Wildman–Crippen MR) is 46.8 cm³/mol. The van der Waals surface area contributed by atoms with Gasteiger partial charge in [-0.05, 0) is 37.6 Å². The van der Waals surface area contributed by atoms with Gasteiger partial charge in [0.05, 0.1) is 0 Å². The van der Waals surface area contributed by atoms with E-state index in [0.29, 0.717) is 18.4 Å². The molecule has 0 spiro atoms. The lowest BCUT2D eigenvalue weighted by Gasteiger charge is -2.41. The molecule has 3 N–H and O–H groups in total. The van der Waals surface area contributed by atoms with E-state index >= 15 is 0 Å². The van der Waals surface area contributed by atoms with Gasteiger partial charge in [0.1, 0.15) is 0 Å². The van der Waals surface area contributed by atoms with Gasteiger partial charge in [-0.2, -0.15) is 0 Å². The maximum Gasteiger partial charge on any atom is 0.303 e. The van der Waals surface area contributed by atoms with Crippen LogP contribution >= 0.6 is 0 Å². The monoisotopic (exact) mass is 171 g/mol. The van der Waals surface area contributed by atoms with Crippen LogP contribution in [0, 0.1) is 5.41 Å². The Balaban J connectivity index is 2.29. The summed E-state index contributed by atoms with van der Waals surface area (Å²) in [6.07, 6.45) is 5.73. The molecule has 0 saturated heterocycles. The molecule has 0 heterocycles. The van der Waals surface area contributed by atoms with Crippen molar-refractivity contribution < 1.29 is 9.90 Å². The van der Waals surface area contributed by atoms with Crippen molar-refractivity contribution >= 4 is 5.97 Å². The molecule has 1 saturated carbocycles. The van der Waals surface area contributed by atoms with Crippen LogP contribution in [0.1, 0.15) is 38.5 Å². The Morgan fingerprint density at radius 2 is 2.08 bits per heavy atom. The minimum absolute atomic E-state index is 0.299. The van der Waals surface area contributed by atoms with Gasteiger partial charge in [0, 0.05) is 6.42 Å². The average molecular weight is 171 g/mol.